The van der Waals surface area contributed by atoms with Gasteiger partial charge in [-0.05, 0) is 44.8 Å². The van der Waals surface area contributed by atoms with E-state index in [4.69, 9.17) is 13.7 Å². The van der Waals surface area contributed by atoms with Crippen LogP contribution in [-0.2, 0) is 9.31 Å². The second kappa shape index (κ2) is 5.97. The van der Waals surface area contributed by atoms with Crippen LogP contribution in [-0.4, -0.2) is 18.3 Å². The van der Waals surface area contributed by atoms with Crippen molar-refractivity contribution < 1.29 is 13.7 Å². The Bertz CT molecular complexity index is 1170. The summed E-state index contributed by atoms with van der Waals surface area (Å²) in [5, 5.41) is 2.25. The van der Waals surface area contributed by atoms with Crippen LogP contribution in [0.2, 0.25) is 0 Å². The first-order valence-corrected chi connectivity index (χ1v) is 9.73. The normalized spacial score (nSPS) is 18.2. The number of para-hydroxylation sites is 2. The van der Waals surface area contributed by atoms with Crippen LogP contribution in [0.4, 0.5) is 0 Å². The molecule has 0 saturated carbocycles. The Morgan fingerprint density at radius 1 is 0.643 bits per heavy atom. The van der Waals surface area contributed by atoms with Gasteiger partial charge in [0.15, 0.2) is 0 Å². The van der Waals surface area contributed by atoms with E-state index in [0.717, 1.165) is 38.5 Å². The molecular weight excluding hydrogens is 347 g/mol. The minimum atomic E-state index is -0.416. The van der Waals surface area contributed by atoms with Gasteiger partial charge in [-0.2, -0.15) is 0 Å². The Morgan fingerprint density at radius 2 is 1.25 bits per heavy atom. The van der Waals surface area contributed by atoms with Gasteiger partial charge in [0.05, 0.1) is 11.2 Å². The van der Waals surface area contributed by atoms with Crippen molar-refractivity contribution in [3.8, 4) is 11.1 Å². The van der Waals surface area contributed by atoms with Crippen LogP contribution in [0.1, 0.15) is 27.7 Å². The number of furan rings is 1. The Morgan fingerprint density at radius 3 is 2.04 bits per heavy atom. The lowest BCUT2D eigenvalue weighted by atomic mass is 9.74. The first-order valence-electron chi connectivity index (χ1n) is 9.73. The van der Waals surface area contributed by atoms with Gasteiger partial charge in [0.25, 0.3) is 0 Å². The molecule has 3 aromatic carbocycles. The molecule has 0 aliphatic carbocycles. The lowest BCUT2D eigenvalue weighted by Gasteiger charge is -2.32. The number of hydrogen-bond acceptors (Lipinski definition) is 3. The molecule has 0 N–H and O–H groups in total. The number of benzene rings is 3. The van der Waals surface area contributed by atoms with E-state index >= 15 is 0 Å². The van der Waals surface area contributed by atoms with Crippen LogP contribution in [0.5, 0.6) is 0 Å². The van der Waals surface area contributed by atoms with Crippen LogP contribution < -0.4 is 5.46 Å². The maximum atomic E-state index is 6.33. The maximum absolute atomic E-state index is 6.33. The quantitative estimate of drug-likeness (QED) is 0.434. The Hall–Kier alpha value is -2.56. The summed E-state index contributed by atoms with van der Waals surface area (Å²) >= 11 is 0. The molecule has 3 nitrogen and oxygen atoms in total. The average Bonchev–Trinajstić information content (AvgIpc) is 3.15. The Labute approximate surface area is 165 Å². The highest BCUT2D eigenvalue weighted by Crippen LogP contribution is 2.39. The van der Waals surface area contributed by atoms with Crippen molar-refractivity contribution >= 4 is 34.5 Å². The zero-order valence-corrected chi connectivity index (χ0v) is 16.7. The molecule has 4 heteroatoms. The van der Waals surface area contributed by atoms with Crippen LogP contribution in [0.25, 0.3) is 33.1 Å². The van der Waals surface area contributed by atoms with Crippen LogP contribution in [0, 0.1) is 0 Å². The molecule has 5 rings (SSSR count). The van der Waals surface area contributed by atoms with Gasteiger partial charge in [0.1, 0.15) is 11.2 Å². The van der Waals surface area contributed by atoms with Gasteiger partial charge in [-0.25, -0.2) is 0 Å². The molecule has 1 aliphatic heterocycles. The largest absolute Gasteiger partial charge is 0.495 e. The van der Waals surface area contributed by atoms with Crippen molar-refractivity contribution in [1.29, 1.82) is 0 Å². The van der Waals surface area contributed by atoms with Gasteiger partial charge < -0.3 is 13.7 Å². The first kappa shape index (κ1) is 17.5. The van der Waals surface area contributed by atoms with E-state index < -0.39 is 7.12 Å². The highest BCUT2D eigenvalue weighted by molar-refractivity contribution is 6.64. The molecule has 2 heterocycles. The van der Waals surface area contributed by atoms with E-state index in [1.54, 1.807) is 0 Å². The smallest absolute Gasteiger partial charge is 0.455 e. The summed E-state index contributed by atoms with van der Waals surface area (Å²) < 4.78 is 18.9. The second-order valence-electron chi connectivity index (χ2n) is 8.46. The van der Waals surface area contributed by atoms with Gasteiger partial charge >= 0.3 is 7.12 Å². The van der Waals surface area contributed by atoms with Crippen molar-refractivity contribution in [3.63, 3.8) is 0 Å². The van der Waals surface area contributed by atoms with Gasteiger partial charge in [-0.1, -0.05) is 60.7 Å². The highest BCUT2D eigenvalue weighted by atomic mass is 16.7. The zero-order chi connectivity index (χ0) is 19.5. The minimum absolute atomic E-state index is 0.379. The number of fused-ring (bicyclic) bond motifs is 3. The first-order chi connectivity index (χ1) is 13.4. The van der Waals surface area contributed by atoms with E-state index in [1.165, 1.54) is 0 Å². The van der Waals surface area contributed by atoms with Gasteiger partial charge in [0, 0.05) is 16.3 Å². The van der Waals surface area contributed by atoms with Crippen molar-refractivity contribution in [2.75, 3.05) is 0 Å². The third-order valence-corrected chi connectivity index (χ3v) is 6.16. The monoisotopic (exact) mass is 370 g/mol. The molecule has 1 aromatic heterocycles. The predicted octanol–water partition coefficient (Wildman–Crippen LogP) is 5.55. The fourth-order valence-corrected chi connectivity index (χ4v) is 3.88. The molecule has 1 fully saturated rings. The highest BCUT2D eigenvalue weighted by Gasteiger charge is 2.52. The summed E-state index contributed by atoms with van der Waals surface area (Å²) in [7, 11) is -0.416. The van der Waals surface area contributed by atoms with E-state index in [0.29, 0.717) is 0 Å². The second-order valence-corrected chi connectivity index (χ2v) is 8.46. The fourth-order valence-electron chi connectivity index (χ4n) is 3.88. The van der Waals surface area contributed by atoms with Crippen LogP contribution >= 0.6 is 0 Å². The summed E-state index contributed by atoms with van der Waals surface area (Å²) in [5.74, 6) is 0. The summed E-state index contributed by atoms with van der Waals surface area (Å²) in [4.78, 5) is 0. The summed E-state index contributed by atoms with van der Waals surface area (Å²) in [6.07, 6.45) is 0. The molecule has 1 saturated heterocycles. The number of rotatable bonds is 2. The standard InChI is InChI=1S/C24H23BO3/c1-23(2)24(3,4)28-25(27-23)20-14-7-5-10-16(20)18-12-9-13-19-17-11-6-8-15-21(17)26-22(18)19/h5-15H,1-4H3. The predicted molar refractivity (Wildman–Crippen MR) is 115 cm³/mol. The summed E-state index contributed by atoms with van der Waals surface area (Å²) in [5.41, 5.74) is 4.19. The molecular formula is C24H23BO3. The number of hydrogen-bond donors (Lipinski definition) is 0. The third kappa shape index (κ3) is 2.52. The molecule has 0 radical (unpaired) electrons. The zero-order valence-electron chi connectivity index (χ0n) is 16.7. The molecule has 28 heavy (non-hydrogen) atoms. The fraction of sp³-hybridized carbons (Fsp3) is 0.250. The topological polar surface area (TPSA) is 31.6 Å². The van der Waals surface area contributed by atoms with Crippen molar-refractivity contribution in [2.45, 2.75) is 38.9 Å². The third-order valence-electron chi connectivity index (χ3n) is 6.16. The molecule has 0 spiro atoms. The van der Waals surface area contributed by atoms with E-state index in [9.17, 15) is 0 Å². The van der Waals surface area contributed by atoms with Crippen LogP contribution in [0.3, 0.4) is 0 Å². The molecule has 1 aliphatic rings. The summed E-state index contributed by atoms with van der Waals surface area (Å²) in [6.45, 7) is 8.32. The molecule has 0 bridgehead atoms. The Balaban J connectivity index is 1.70. The average molecular weight is 370 g/mol. The van der Waals surface area contributed by atoms with Gasteiger partial charge in [-0.3, -0.25) is 0 Å². The van der Waals surface area contributed by atoms with Gasteiger partial charge in [-0.15, -0.1) is 0 Å². The molecule has 0 unspecified atom stereocenters. The maximum Gasteiger partial charge on any atom is 0.495 e. The van der Waals surface area contributed by atoms with Crippen molar-refractivity contribution in [1.82, 2.24) is 0 Å². The van der Waals surface area contributed by atoms with E-state index in [2.05, 4.69) is 64.1 Å². The lowest BCUT2D eigenvalue weighted by Crippen LogP contribution is -2.41. The summed E-state index contributed by atoms with van der Waals surface area (Å²) in [6, 6.07) is 22.7. The van der Waals surface area contributed by atoms with E-state index in [-0.39, 0.29) is 11.2 Å². The molecule has 140 valence electrons. The Kier molecular flexibility index (Phi) is 3.74. The molecule has 0 atom stereocenters. The SMILES string of the molecule is CC1(C)OB(c2ccccc2-c2cccc3c2oc2ccccc23)OC1(C)C. The van der Waals surface area contributed by atoms with Crippen molar-refractivity contribution in [2.24, 2.45) is 0 Å². The lowest BCUT2D eigenvalue weighted by molar-refractivity contribution is 0.00578. The molecule has 0 amide bonds. The van der Waals surface area contributed by atoms with Gasteiger partial charge in [0.2, 0.25) is 0 Å². The van der Waals surface area contributed by atoms with Crippen LogP contribution in [0.15, 0.2) is 71.1 Å². The molecule has 4 aromatic rings. The van der Waals surface area contributed by atoms with E-state index in [1.807, 2.05) is 30.3 Å². The van der Waals surface area contributed by atoms with Crippen molar-refractivity contribution in [3.05, 3.63) is 66.7 Å². The minimum Gasteiger partial charge on any atom is -0.455 e.